The van der Waals surface area contributed by atoms with E-state index in [1.807, 2.05) is 0 Å². The van der Waals surface area contributed by atoms with Crippen LogP contribution in [-0.4, -0.2) is 24.3 Å². The van der Waals surface area contributed by atoms with Gasteiger partial charge in [-0.3, -0.25) is 0 Å². The highest BCUT2D eigenvalue weighted by atomic mass is 19.4. The minimum Gasteiger partial charge on any atom is -0.549 e. The molecule has 0 aromatic carbocycles. The van der Waals surface area contributed by atoms with Gasteiger partial charge in [-0.05, 0) is 0 Å². The van der Waals surface area contributed by atoms with Crippen molar-refractivity contribution in [3.63, 3.8) is 0 Å². The quantitative estimate of drug-likeness (QED) is 0.501. The molecule has 0 aromatic heterocycles. The van der Waals surface area contributed by atoms with Crippen LogP contribution >= 0.6 is 0 Å². The van der Waals surface area contributed by atoms with Gasteiger partial charge in [-0.1, -0.05) is 0 Å². The van der Waals surface area contributed by atoms with E-state index in [1.165, 1.54) is 0 Å². The highest BCUT2D eigenvalue weighted by Gasteiger charge is 2.51. The summed E-state index contributed by atoms with van der Waals surface area (Å²) in [5.41, 5.74) is -4.17. The molecule has 0 fully saturated rings. The zero-order valence-corrected chi connectivity index (χ0v) is 7.81. The average Bonchev–Trinajstić information content (AvgIpc) is 1.96. The van der Waals surface area contributed by atoms with Gasteiger partial charge in [-0.2, -0.15) is 26.3 Å². The fourth-order valence-electron chi connectivity index (χ4n) is 1.12. The number of alkyl halides is 6. The molecule has 10 heteroatoms. The summed E-state index contributed by atoms with van der Waals surface area (Å²) in [7, 11) is 0. The summed E-state index contributed by atoms with van der Waals surface area (Å²) in [6.07, 6.45) is -16.3. The van der Waals surface area contributed by atoms with E-state index in [9.17, 15) is 46.1 Å². The topological polar surface area (TPSA) is 80.3 Å². The second-order valence-electron chi connectivity index (χ2n) is 3.24. The Balaban J connectivity index is 5.46. The standard InChI is InChI=1S/C7H6F6O4/c8-6(9,10)1-5(3(14)15,4(16)17)2-7(11,12)13/h1-2H2,(H,14,15)(H,16,17)/p-2. The fourth-order valence-corrected chi connectivity index (χ4v) is 1.12. The van der Waals surface area contributed by atoms with Crippen molar-refractivity contribution in [1.29, 1.82) is 0 Å². The second kappa shape index (κ2) is 4.41. The molecule has 0 unspecified atom stereocenters. The first-order valence-corrected chi connectivity index (χ1v) is 3.86. The summed E-state index contributed by atoms with van der Waals surface area (Å²) in [5, 5.41) is 20.6. The van der Waals surface area contributed by atoms with Crippen LogP contribution in [0.15, 0.2) is 0 Å². The number of hydrogen-bond acceptors (Lipinski definition) is 4. The Morgan fingerprint density at radius 2 is 1.00 bits per heavy atom. The van der Waals surface area contributed by atoms with E-state index in [2.05, 4.69) is 0 Å². The summed E-state index contributed by atoms with van der Waals surface area (Å²) >= 11 is 0. The molecule has 0 saturated heterocycles. The van der Waals surface area contributed by atoms with E-state index >= 15 is 0 Å². The molecule has 0 atom stereocenters. The molecule has 0 aliphatic rings. The van der Waals surface area contributed by atoms with Crippen molar-refractivity contribution < 1.29 is 46.1 Å². The van der Waals surface area contributed by atoms with Crippen LogP contribution in [0.5, 0.6) is 0 Å². The molecular weight excluding hydrogens is 262 g/mol. The molecule has 0 amide bonds. The molecule has 4 nitrogen and oxygen atoms in total. The van der Waals surface area contributed by atoms with Crippen molar-refractivity contribution in [2.75, 3.05) is 0 Å². The smallest absolute Gasteiger partial charge is 0.390 e. The number of hydrogen-bond donors (Lipinski definition) is 0. The summed E-state index contributed by atoms with van der Waals surface area (Å²) in [6.45, 7) is 0. The largest absolute Gasteiger partial charge is 0.549 e. The van der Waals surface area contributed by atoms with Gasteiger partial charge in [0.2, 0.25) is 0 Å². The Hall–Kier alpha value is -1.48. The third-order valence-corrected chi connectivity index (χ3v) is 1.79. The first kappa shape index (κ1) is 15.5. The van der Waals surface area contributed by atoms with E-state index in [-0.39, 0.29) is 0 Å². The van der Waals surface area contributed by atoms with Crippen molar-refractivity contribution in [2.24, 2.45) is 5.41 Å². The lowest BCUT2D eigenvalue weighted by Gasteiger charge is -2.36. The first-order valence-electron chi connectivity index (χ1n) is 3.86. The molecule has 0 aliphatic heterocycles. The summed E-state index contributed by atoms with van der Waals surface area (Å²) in [5.74, 6) is -5.99. The van der Waals surface area contributed by atoms with Crippen LogP contribution in [0.3, 0.4) is 0 Å². The number of carbonyl (C=O) groups excluding carboxylic acids is 2. The Morgan fingerprint density at radius 1 is 0.765 bits per heavy atom. The minimum absolute atomic E-state index is 2.72. The Labute approximate surface area is 89.8 Å². The van der Waals surface area contributed by atoms with Gasteiger partial charge in [0.15, 0.2) is 0 Å². The maximum atomic E-state index is 11.9. The molecule has 17 heavy (non-hydrogen) atoms. The lowest BCUT2D eigenvalue weighted by Crippen LogP contribution is -2.57. The van der Waals surface area contributed by atoms with E-state index in [1.54, 1.807) is 0 Å². The molecule has 100 valence electrons. The molecule has 0 aromatic rings. The number of aliphatic carboxylic acids is 2. The molecule has 0 spiro atoms. The molecule has 0 heterocycles. The SMILES string of the molecule is O=C([O-])C(CC(F)(F)F)(CC(F)(F)F)C(=O)[O-]. The van der Waals surface area contributed by atoms with Gasteiger partial charge in [-0.15, -0.1) is 0 Å². The van der Waals surface area contributed by atoms with Crippen LogP contribution in [0.4, 0.5) is 26.3 Å². The molecule has 0 aliphatic carbocycles. The van der Waals surface area contributed by atoms with E-state index in [0.29, 0.717) is 0 Å². The summed E-state index contributed by atoms with van der Waals surface area (Å²) < 4.78 is 71.4. The summed E-state index contributed by atoms with van der Waals surface area (Å²) in [4.78, 5) is 20.6. The van der Waals surface area contributed by atoms with E-state index in [0.717, 1.165) is 0 Å². The van der Waals surface area contributed by atoms with Crippen LogP contribution in [-0.2, 0) is 9.59 Å². The zero-order valence-electron chi connectivity index (χ0n) is 7.81. The third kappa shape index (κ3) is 4.49. The number of halogens is 6. The van der Waals surface area contributed by atoms with Gasteiger partial charge in [-0.25, -0.2) is 0 Å². The van der Waals surface area contributed by atoms with E-state index in [4.69, 9.17) is 0 Å². The number of carbonyl (C=O) groups is 2. The Morgan fingerprint density at radius 3 is 1.12 bits per heavy atom. The molecule has 0 N–H and O–H groups in total. The average molecular weight is 266 g/mol. The van der Waals surface area contributed by atoms with E-state index < -0.39 is 42.5 Å². The normalized spacial score (nSPS) is 13.5. The molecule has 0 saturated carbocycles. The van der Waals surface area contributed by atoms with Gasteiger partial charge in [0.25, 0.3) is 0 Å². The van der Waals surface area contributed by atoms with Crippen molar-refractivity contribution in [2.45, 2.75) is 25.2 Å². The monoisotopic (exact) mass is 266 g/mol. The maximum absolute atomic E-state index is 11.9. The van der Waals surface area contributed by atoms with Gasteiger partial charge >= 0.3 is 12.4 Å². The lowest BCUT2D eigenvalue weighted by atomic mass is 9.80. The number of carboxylic acids is 2. The maximum Gasteiger partial charge on any atom is 0.390 e. The van der Waals surface area contributed by atoms with Gasteiger partial charge in [0.1, 0.15) is 0 Å². The minimum atomic E-state index is -5.43. The van der Waals surface area contributed by atoms with Crippen LogP contribution in [0.25, 0.3) is 0 Å². The van der Waals surface area contributed by atoms with Crippen molar-refractivity contribution in [3.05, 3.63) is 0 Å². The molecule has 0 bridgehead atoms. The van der Waals surface area contributed by atoms with Crippen molar-refractivity contribution in [3.8, 4) is 0 Å². The first-order chi connectivity index (χ1) is 7.30. The lowest BCUT2D eigenvalue weighted by molar-refractivity contribution is -0.355. The van der Waals surface area contributed by atoms with Gasteiger partial charge in [0.05, 0.1) is 30.2 Å². The highest BCUT2D eigenvalue weighted by Crippen LogP contribution is 2.41. The predicted octanol–water partition coefficient (Wildman–Crippen LogP) is -0.623. The number of carboxylic acid groups (broad SMARTS) is 2. The van der Waals surface area contributed by atoms with Gasteiger partial charge < -0.3 is 19.8 Å². The van der Waals surface area contributed by atoms with Crippen LogP contribution < -0.4 is 10.2 Å². The molecule has 0 rings (SSSR count). The van der Waals surface area contributed by atoms with Crippen LogP contribution in [0.1, 0.15) is 12.8 Å². The Kier molecular flexibility index (Phi) is 4.03. The van der Waals surface area contributed by atoms with Gasteiger partial charge in [0, 0.05) is 0 Å². The van der Waals surface area contributed by atoms with Crippen LogP contribution in [0, 0.1) is 5.41 Å². The molecular formula is C7H4F6O4-2. The second-order valence-corrected chi connectivity index (χ2v) is 3.24. The predicted molar refractivity (Wildman–Crippen MR) is 33.8 cm³/mol. The third-order valence-electron chi connectivity index (χ3n) is 1.79. The highest BCUT2D eigenvalue weighted by molar-refractivity contribution is 5.96. The van der Waals surface area contributed by atoms with Crippen molar-refractivity contribution in [1.82, 2.24) is 0 Å². The van der Waals surface area contributed by atoms with Crippen molar-refractivity contribution >= 4 is 11.9 Å². The Bertz CT molecular complexity index is 285. The zero-order chi connectivity index (χ0) is 14.1. The number of rotatable bonds is 4. The summed E-state index contributed by atoms with van der Waals surface area (Å²) in [6, 6.07) is 0. The molecule has 0 radical (unpaired) electrons. The van der Waals surface area contributed by atoms with Crippen LogP contribution in [0.2, 0.25) is 0 Å². The fraction of sp³-hybridized carbons (Fsp3) is 0.714.